The quantitative estimate of drug-likeness (QED) is 0.860. The van der Waals surface area contributed by atoms with Crippen molar-refractivity contribution in [1.82, 2.24) is 14.8 Å². The van der Waals surface area contributed by atoms with Gasteiger partial charge < -0.3 is 4.90 Å². The van der Waals surface area contributed by atoms with Crippen LogP contribution in [0.25, 0.3) is 0 Å². The van der Waals surface area contributed by atoms with Crippen LogP contribution in [0.5, 0.6) is 0 Å². The van der Waals surface area contributed by atoms with Gasteiger partial charge in [0.25, 0.3) is 5.91 Å². The predicted molar refractivity (Wildman–Crippen MR) is 98.2 cm³/mol. The summed E-state index contributed by atoms with van der Waals surface area (Å²) in [5, 5.41) is 0. The van der Waals surface area contributed by atoms with Gasteiger partial charge in [-0.1, -0.05) is 30.3 Å². The van der Waals surface area contributed by atoms with Crippen LogP contribution < -0.4 is 0 Å². The van der Waals surface area contributed by atoms with Crippen molar-refractivity contribution in [1.29, 1.82) is 0 Å². The molecule has 3 heterocycles. The van der Waals surface area contributed by atoms with Crippen LogP contribution in [0.3, 0.4) is 0 Å². The van der Waals surface area contributed by atoms with Crippen LogP contribution in [0.1, 0.15) is 41.6 Å². The van der Waals surface area contributed by atoms with E-state index in [1.165, 1.54) is 18.4 Å². The van der Waals surface area contributed by atoms with Crippen LogP contribution in [-0.4, -0.2) is 45.9 Å². The minimum Gasteiger partial charge on any atom is -0.334 e. The number of hydrogen-bond donors (Lipinski definition) is 0. The fourth-order valence-electron chi connectivity index (χ4n) is 4.41. The van der Waals surface area contributed by atoms with Crippen LogP contribution >= 0.6 is 0 Å². The van der Waals surface area contributed by atoms with Crippen LogP contribution in [-0.2, 0) is 6.54 Å². The van der Waals surface area contributed by atoms with Gasteiger partial charge in [-0.15, -0.1) is 0 Å². The molecule has 4 nitrogen and oxygen atoms in total. The minimum absolute atomic E-state index is 0.163. The number of hydrogen-bond acceptors (Lipinski definition) is 3. The average Bonchev–Trinajstić information content (AvgIpc) is 3.31. The zero-order valence-corrected chi connectivity index (χ0v) is 14.6. The predicted octanol–water partition coefficient (Wildman–Crippen LogP) is 3.35. The molecule has 130 valence electrons. The number of nitrogens with zero attached hydrogens (tertiary/aromatic N) is 3. The maximum atomic E-state index is 13.0. The number of pyridine rings is 1. The van der Waals surface area contributed by atoms with Crippen LogP contribution in [0.2, 0.25) is 0 Å². The van der Waals surface area contributed by atoms with Crippen molar-refractivity contribution in [3.05, 3.63) is 66.0 Å². The molecule has 0 radical (unpaired) electrons. The van der Waals surface area contributed by atoms with E-state index in [1.807, 2.05) is 12.1 Å². The highest BCUT2D eigenvalue weighted by Crippen LogP contribution is 2.32. The largest absolute Gasteiger partial charge is 0.334 e. The second-order valence-corrected chi connectivity index (χ2v) is 7.11. The number of benzene rings is 1. The first-order valence-electron chi connectivity index (χ1n) is 9.32. The Bertz CT molecular complexity index is 704. The number of carbonyl (C=O) groups excluding carboxylic acids is 1. The first-order valence-corrected chi connectivity index (χ1v) is 9.32. The molecule has 1 aromatic heterocycles. The lowest BCUT2D eigenvalue weighted by atomic mass is 10.0. The van der Waals surface area contributed by atoms with Crippen LogP contribution in [0, 0.1) is 0 Å². The van der Waals surface area contributed by atoms with E-state index in [4.69, 9.17) is 0 Å². The normalized spacial score (nSPS) is 23.9. The molecule has 1 amide bonds. The number of carbonyl (C=O) groups is 1. The van der Waals surface area contributed by atoms with Gasteiger partial charge in [0.05, 0.1) is 0 Å². The second kappa shape index (κ2) is 7.36. The van der Waals surface area contributed by atoms with E-state index in [2.05, 4.69) is 45.1 Å². The Morgan fingerprint density at radius 2 is 1.68 bits per heavy atom. The third-order valence-electron chi connectivity index (χ3n) is 5.57. The van der Waals surface area contributed by atoms with Gasteiger partial charge in [-0.25, -0.2) is 0 Å². The molecule has 2 aliphatic rings. The molecule has 0 saturated carbocycles. The van der Waals surface area contributed by atoms with Crippen molar-refractivity contribution in [3.8, 4) is 0 Å². The van der Waals surface area contributed by atoms with Crippen molar-refractivity contribution in [2.75, 3.05) is 13.1 Å². The number of aromatic nitrogens is 1. The minimum atomic E-state index is 0.163. The SMILES string of the molecule is O=C(c1ccncc1)N1CCC[C@H]1[C@@H]1CCCN1Cc1ccccc1. The van der Waals surface area contributed by atoms with E-state index in [-0.39, 0.29) is 5.91 Å². The third kappa shape index (κ3) is 3.45. The summed E-state index contributed by atoms with van der Waals surface area (Å²) in [5.41, 5.74) is 2.12. The smallest absolute Gasteiger partial charge is 0.254 e. The van der Waals surface area contributed by atoms with Gasteiger partial charge in [-0.2, -0.15) is 0 Å². The first-order chi connectivity index (χ1) is 12.3. The van der Waals surface area contributed by atoms with Gasteiger partial charge >= 0.3 is 0 Å². The summed E-state index contributed by atoms with van der Waals surface area (Å²) in [4.78, 5) is 21.7. The first kappa shape index (κ1) is 16.3. The molecule has 2 saturated heterocycles. The van der Waals surface area contributed by atoms with E-state index in [0.29, 0.717) is 12.1 Å². The van der Waals surface area contributed by atoms with Gasteiger partial charge in [0.1, 0.15) is 0 Å². The molecule has 0 aliphatic carbocycles. The monoisotopic (exact) mass is 335 g/mol. The average molecular weight is 335 g/mol. The highest BCUT2D eigenvalue weighted by Gasteiger charge is 2.39. The summed E-state index contributed by atoms with van der Waals surface area (Å²) >= 11 is 0. The zero-order chi connectivity index (χ0) is 17.1. The molecule has 0 bridgehead atoms. The van der Waals surface area contributed by atoms with Crippen molar-refractivity contribution in [2.45, 2.75) is 44.3 Å². The van der Waals surface area contributed by atoms with Crippen molar-refractivity contribution >= 4 is 5.91 Å². The van der Waals surface area contributed by atoms with E-state index >= 15 is 0 Å². The Balaban J connectivity index is 1.50. The lowest BCUT2D eigenvalue weighted by Crippen LogP contribution is -2.48. The summed E-state index contributed by atoms with van der Waals surface area (Å²) in [6, 6.07) is 15.2. The Kier molecular flexibility index (Phi) is 4.79. The summed E-state index contributed by atoms with van der Waals surface area (Å²) in [7, 11) is 0. The Morgan fingerprint density at radius 1 is 0.960 bits per heavy atom. The Morgan fingerprint density at radius 3 is 2.48 bits per heavy atom. The summed E-state index contributed by atoms with van der Waals surface area (Å²) in [5.74, 6) is 0.163. The highest BCUT2D eigenvalue weighted by molar-refractivity contribution is 5.94. The zero-order valence-electron chi connectivity index (χ0n) is 14.6. The molecule has 0 unspecified atom stereocenters. The standard InChI is InChI=1S/C21H25N3O/c25-21(18-10-12-22-13-11-18)24-15-5-9-20(24)19-8-4-14-23(19)16-17-6-2-1-3-7-17/h1-3,6-7,10-13,19-20H,4-5,8-9,14-16H2/t19-,20-/m0/s1. The molecule has 25 heavy (non-hydrogen) atoms. The van der Waals surface area contributed by atoms with Gasteiger partial charge in [0, 0.05) is 43.1 Å². The van der Waals surface area contributed by atoms with Crippen molar-refractivity contribution < 1.29 is 4.79 Å². The molecule has 2 aromatic rings. The third-order valence-corrected chi connectivity index (χ3v) is 5.57. The highest BCUT2D eigenvalue weighted by atomic mass is 16.2. The van der Waals surface area contributed by atoms with Gasteiger partial charge in [-0.3, -0.25) is 14.7 Å². The summed E-state index contributed by atoms with van der Waals surface area (Å²) in [6.45, 7) is 2.99. The molecular weight excluding hydrogens is 310 g/mol. The molecule has 2 fully saturated rings. The molecule has 0 N–H and O–H groups in total. The fraction of sp³-hybridized carbons (Fsp3) is 0.429. The molecule has 4 heteroatoms. The fourth-order valence-corrected chi connectivity index (χ4v) is 4.41. The maximum Gasteiger partial charge on any atom is 0.254 e. The molecule has 0 spiro atoms. The summed E-state index contributed by atoms with van der Waals surface area (Å²) in [6.07, 6.45) is 8.05. The molecule has 4 rings (SSSR count). The van der Waals surface area contributed by atoms with E-state index in [1.54, 1.807) is 12.4 Å². The molecule has 2 atom stereocenters. The van der Waals surface area contributed by atoms with Gasteiger partial charge in [0.2, 0.25) is 0 Å². The second-order valence-electron chi connectivity index (χ2n) is 7.11. The number of amides is 1. The van der Waals surface area contributed by atoms with Crippen LogP contribution in [0.15, 0.2) is 54.9 Å². The van der Waals surface area contributed by atoms with E-state index in [9.17, 15) is 4.79 Å². The number of likely N-dealkylation sites (tertiary alicyclic amines) is 2. The topological polar surface area (TPSA) is 36.4 Å². The number of rotatable bonds is 4. The lowest BCUT2D eigenvalue weighted by Gasteiger charge is -2.35. The van der Waals surface area contributed by atoms with Gasteiger partial charge in [0.15, 0.2) is 0 Å². The van der Waals surface area contributed by atoms with Crippen molar-refractivity contribution in [3.63, 3.8) is 0 Å². The van der Waals surface area contributed by atoms with Crippen molar-refractivity contribution in [2.24, 2.45) is 0 Å². The van der Waals surface area contributed by atoms with Gasteiger partial charge in [-0.05, 0) is 49.9 Å². The Hall–Kier alpha value is -2.20. The van der Waals surface area contributed by atoms with E-state index < -0.39 is 0 Å². The van der Waals surface area contributed by atoms with Crippen LogP contribution in [0.4, 0.5) is 0 Å². The lowest BCUT2D eigenvalue weighted by molar-refractivity contribution is 0.0639. The van der Waals surface area contributed by atoms with E-state index in [0.717, 1.165) is 38.0 Å². The molecular formula is C21H25N3O. The summed E-state index contributed by atoms with van der Waals surface area (Å²) < 4.78 is 0. The molecule has 1 aromatic carbocycles. The molecule has 2 aliphatic heterocycles. The Labute approximate surface area is 149 Å². The maximum absolute atomic E-state index is 13.0.